The molecule has 0 bridgehead atoms. The van der Waals surface area contributed by atoms with Crippen LogP contribution in [-0.4, -0.2) is 4.98 Å². The topological polar surface area (TPSA) is 22.1 Å². The van der Waals surface area contributed by atoms with Gasteiger partial charge in [0.05, 0.1) is 5.69 Å². The molecule has 0 aliphatic heterocycles. The van der Waals surface area contributed by atoms with Crippen LogP contribution in [0.5, 0.6) is 5.75 Å². The molecule has 0 aliphatic rings. The fourth-order valence-corrected chi connectivity index (χ4v) is 2.56. The molecule has 3 rings (SSSR count). The molecule has 22 heavy (non-hydrogen) atoms. The van der Waals surface area contributed by atoms with Crippen LogP contribution in [0.3, 0.4) is 0 Å². The van der Waals surface area contributed by atoms with Crippen molar-refractivity contribution in [3.05, 3.63) is 84.1 Å². The lowest BCUT2D eigenvalue weighted by Gasteiger charge is -2.18. The van der Waals surface area contributed by atoms with Crippen molar-refractivity contribution < 1.29 is 4.74 Å². The molecule has 0 aliphatic carbocycles. The Labute approximate surface area is 131 Å². The Morgan fingerprint density at radius 3 is 2.50 bits per heavy atom. The monoisotopic (exact) mass is 289 g/mol. The quantitative estimate of drug-likeness (QED) is 0.659. The van der Waals surface area contributed by atoms with Gasteiger partial charge in [-0.1, -0.05) is 42.5 Å². The van der Waals surface area contributed by atoms with Crippen LogP contribution in [0.25, 0.3) is 11.3 Å². The molecule has 1 atom stereocenters. The summed E-state index contributed by atoms with van der Waals surface area (Å²) in [4.78, 5) is 4.46. The van der Waals surface area contributed by atoms with Crippen molar-refractivity contribution in [2.75, 3.05) is 0 Å². The molecule has 0 radical (unpaired) electrons. The Balaban J connectivity index is 1.91. The van der Waals surface area contributed by atoms with Crippen molar-refractivity contribution in [2.45, 2.75) is 20.0 Å². The van der Waals surface area contributed by atoms with Gasteiger partial charge in [-0.05, 0) is 43.7 Å². The molecule has 0 spiro atoms. The van der Waals surface area contributed by atoms with Crippen LogP contribution in [0.2, 0.25) is 0 Å². The van der Waals surface area contributed by atoms with Crippen LogP contribution in [0.1, 0.15) is 24.2 Å². The lowest BCUT2D eigenvalue weighted by Crippen LogP contribution is -2.05. The summed E-state index contributed by atoms with van der Waals surface area (Å²) in [6, 6.07) is 22.4. The summed E-state index contributed by atoms with van der Waals surface area (Å²) in [5, 5.41) is 0. The van der Waals surface area contributed by atoms with Gasteiger partial charge >= 0.3 is 0 Å². The van der Waals surface area contributed by atoms with Crippen LogP contribution >= 0.6 is 0 Å². The normalized spacial score (nSPS) is 11.9. The Bertz CT molecular complexity index is 752. The molecular weight excluding hydrogens is 270 g/mol. The number of benzene rings is 2. The van der Waals surface area contributed by atoms with Gasteiger partial charge in [-0.3, -0.25) is 4.98 Å². The highest BCUT2D eigenvalue weighted by atomic mass is 16.5. The lowest BCUT2D eigenvalue weighted by atomic mass is 10.00. The van der Waals surface area contributed by atoms with Crippen LogP contribution in [0, 0.1) is 6.92 Å². The van der Waals surface area contributed by atoms with Crippen molar-refractivity contribution >= 4 is 0 Å². The third-order valence-corrected chi connectivity index (χ3v) is 3.64. The highest BCUT2D eigenvalue weighted by Gasteiger charge is 2.13. The van der Waals surface area contributed by atoms with Crippen LogP contribution in [0.15, 0.2) is 72.9 Å². The van der Waals surface area contributed by atoms with Crippen LogP contribution in [0.4, 0.5) is 0 Å². The zero-order chi connectivity index (χ0) is 15.4. The van der Waals surface area contributed by atoms with Crippen molar-refractivity contribution in [3.63, 3.8) is 0 Å². The molecule has 1 unspecified atom stereocenters. The first-order valence-electron chi connectivity index (χ1n) is 7.48. The molecule has 0 N–H and O–H groups in total. The fourth-order valence-electron chi connectivity index (χ4n) is 2.56. The summed E-state index contributed by atoms with van der Waals surface area (Å²) in [6.45, 7) is 4.14. The maximum Gasteiger partial charge on any atom is 0.122 e. The summed E-state index contributed by atoms with van der Waals surface area (Å²) in [5.41, 5.74) is 4.42. The van der Waals surface area contributed by atoms with Crippen LogP contribution < -0.4 is 4.74 Å². The van der Waals surface area contributed by atoms with E-state index in [4.69, 9.17) is 4.74 Å². The third kappa shape index (κ3) is 3.17. The van der Waals surface area contributed by atoms with E-state index < -0.39 is 0 Å². The Hall–Kier alpha value is -2.61. The van der Waals surface area contributed by atoms with Crippen molar-refractivity contribution in [3.8, 4) is 17.0 Å². The summed E-state index contributed by atoms with van der Waals surface area (Å²) >= 11 is 0. The van der Waals surface area contributed by atoms with E-state index in [1.807, 2.05) is 48.7 Å². The molecule has 1 heterocycles. The number of aryl methyl sites for hydroxylation is 1. The lowest BCUT2D eigenvalue weighted by molar-refractivity contribution is 0.227. The van der Waals surface area contributed by atoms with E-state index in [9.17, 15) is 0 Å². The number of aromatic nitrogens is 1. The number of hydrogen-bond donors (Lipinski definition) is 0. The number of pyridine rings is 1. The smallest absolute Gasteiger partial charge is 0.122 e. The molecule has 0 saturated heterocycles. The number of ether oxygens (including phenoxy) is 1. The average molecular weight is 289 g/mol. The highest BCUT2D eigenvalue weighted by molar-refractivity contribution is 5.64. The predicted octanol–water partition coefficient (Wildman–Crippen LogP) is 5.20. The molecule has 0 saturated carbocycles. The first-order valence-corrected chi connectivity index (χ1v) is 7.48. The number of nitrogens with zero attached hydrogens (tertiary/aromatic N) is 1. The number of rotatable bonds is 4. The van der Waals surface area contributed by atoms with E-state index in [-0.39, 0.29) is 6.10 Å². The van der Waals surface area contributed by atoms with Gasteiger partial charge in [0.25, 0.3) is 0 Å². The first-order chi connectivity index (χ1) is 10.7. The van der Waals surface area contributed by atoms with E-state index in [0.717, 1.165) is 22.6 Å². The van der Waals surface area contributed by atoms with E-state index in [1.54, 1.807) is 0 Å². The van der Waals surface area contributed by atoms with E-state index in [2.05, 4.69) is 43.1 Å². The standard InChI is InChI=1S/C20H19NO/c1-15-8-7-9-17(14-15)22-16(2)18-10-3-4-11-19(18)20-12-5-6-13-21-20/h3-14,16H,1-2H3. The molecule has 2 aromatic carbocycles. The molecule has 110 valence electrons. The SMILES string of the molecule is Cc1cccc(OC(C)c2ccccc2-c2ccccn2)c1. The zero-order valence-corrected chi connectivity index (χ0v) is 12.9. The summed E-state index contributed by atoms with van der Waals surface area (Å²) < 4.78 is 6.12. The van der Waals surface area contributed by atoms with E-state index in [1.165, 1.54) is 5.56 Å². The second-order valence-corrected chi connectivity index (χ2v) is 5.38. The molecule has 1 aromatic heterocycles. The van der Waals surface area contributed by atoms with Gasteiger partial charge < -0.3 is 4.74 Å². The minimum atomic E-state index is -0.0417. The van der Waals surface area contributed by atoms with E-state index >= 15 is 0 Å². The van der Waals surface area contributed by atoms with Crippen molar-refractivity contribution in [1.82, 2.24) is 4.98 Å². The highest BCUT2D eigenvalue weighted by Crippen LogP contribution is 2.30. The average Bonchev–Trinajstić information content (AvgIpc) is 2.56. The minimum absolute atomic E-state index is 0.0417. The molecule has 0 amide bonds. The number of hydrogen-bond acceptors (Lipinski definition) is 2. The molecule has 2 heteroatoms. The largest absolute Gasteiger partial charge is 0.486 e. The summed E-state index contributed by atoms with van der Waals surface area (Å²) in [5.74, 6) is 0.892. The first kappa shape index (κ1) is 14.3. The Morgan fingerprint density at radius 2 is 1.73 bits per heavy atom. The van der Waals surface area contributed by atoms with Gasteiger partial charge in [0.2, 0.25) is 0 Å². The fraction of sp³-hybridized carbons (Fsp3) is 0.150. The van der Waals surface area contributed by atoms with Crippen molar-refractivity contribution in [1.29, 1.82) is 0 Å². The van der Waals surface area contributed by atoms with Gasteiger partial charge in [-0.2, -0.15) is 0 Å². The Kier molecular flexibility index (Phi) is 4.19. The maximum atomic E-state index is 6.12. The van der Waals surface area contributed by atoms with Gasteiger partial charge in [-0.25, -0.2) is 0 Å². The van der Waals surface area contributed by atoms with E-state index in [0.29, 0.717) is 0 Å². The second-order valence-electron chi connectivity index (χ2n) is 5.38. The summed E-state index contributed by atoms with van der Waals surface area (Å²) in [6.07, 6.45) is 1.78. The minimum Gasteiger partial charge on any atom is -0.486 e. The van der Waals surface area contributed by atoms with Crippen LogP contribution in [-0.2, 0) is 0 Å². The Morgan fingerprint density at radius 1 is 0.909 bits per heavy atom. The molecule has 3 aromatic rings. The van der Waals surface area contributed by atoms with Gasteiger partial charge in [-0.15, -0.1) is 0 Å². The second kappa shape index (κ2) is 6.44. The summed E-state index contributed by atoms with van der Waals surface area (Å²) in [7, 11) is 0. The predicted molar refractivity (Wildman–Crippen MR) is 89.9 cm³/mol. The van der Waals surface area contributed by atoms with Gasteiger partial charge in [0, 0.05) is 17.3 Å². The van der Waals surface area contributed by atoms with Gasteiger partial charge in [0.15, 0.2) is 0 Å². The molecule has 2 nitrogen and oxygen atoms in total. The maximum absolute atomic E-state index is 6.12. The van der Waals surface area contributed by atoms with Crippen molar-refractivity contribution in [2.24, 2.45) is 0 Å². The van der Waals surface area contributed by atoms with Gasteiger partial charge in [0.1, 0.15) is 11.9 Å². The third-order valence-electron chi connectivity index (χ3n) is 3.64. The molecular formula is C20H19NO. The zero-order valence-electron chi connectivity index (χ0n) is 12.9. The molecule has 0 fully saturated rings.